The van der Waals surface area contributed by atoms with Crippen molar-refractivity contribution in [2.75, 3.05) is 13.1 Å². The van der Waals surface area contributed by atoms with E-state index in [0.29, 0.717) is 34.2 Å². The average molecular weight is 745 g/mol. The van der Waals surface area contributed by atoms with Crippen molar-refractivity contribution in [3.05, 3.63) is 124 Å². The lowest BCUT2D eigenvalue weighted by atomic mass is 9.85. The molecule has 0 radical (unpaired) electrons. The zero-order valence-electron chi connectivity index (χ0n) is 26.2. The number of para-hydroxylation sites is 1. The molecule has 2 fully saturated rings. The highest BCUT2D eigenvalue weighted by atomic mass is 35.5. The van der Waals surface area contributed by atoms with Gasteiger partial charge in [-0.15, -0.1) is 0 Å². The standard InChI is InChI=1S/C36H30Cl2F3N3O5S/c37-24-10-5-21(6-11-24)33(22-7-12-25(38)13-8-22)23-9-14-28-29(19-23)44(34(42-28)27-20-31(27)49-35(46)36(39,40)41)26-15-17-43(18-16-26)50(47,48)32-4-2-1-3-30(32)45/h1-14,19,26-27,31,33,45H,15-18,20H2. The van der Waals surface area contributed by atoms with Gasteiger partial charge in [-0.05, 0) is 84.5 Å². The maximum Gasteiger partial charge on any atom is 0.490 e. The number of rotatable bonds is 8. The van der Waals surface area contributed by atoms with E-state index in [2.05, 4.69) is 0 Å². The number of esters is 1. The second kappa shape index (κ2) is 13.2. The van der Waals surface area contributed by atoms with E-state index in [0.717, 1.165) is 22.2 Å². The molecule has 1 N–H and O–H groups in total. The molecule has 2 heterocycles. The summed E-state index contributed by atoms with van der Waals surface area (Å²) in [6.07, 6.45) is -5.19. The Morgan fingerprint density at radius 3 is 2.04 bits per heavy atom. The van der Waals surface area contributed by atoms with E-state index in [9.17, 15) is 31.5 Å². The fourth-order valence-electron chi connectivity index (χ4n) is 6.77. The third kappa shape index (κ3) is 6.69. The highest BCUT2D eigenvalue weighted by Gasteiger charge is 2.51. The van der Waals surface area contributed by atoms with Gasteiger partial charge in [-0.2, -0.15) is 17.5 Å². The van der Waals surface area contributed by atoms with Crippen LogP contribution in [-0.4, -0.2) is 58.7 Å². The van der Waals surface area contributed by atoms with E-state index < -0.39 is 34.2 Å². The predicted molar refractivity (Wildman–Crippen MR) is 182 cm³/mol. The summed E-state index contributed by atoms with van der Waals surface area (Å²) in [6, 6.07) is 26.3. The van der Waals surface area contributed by atoms with E-state index in [1.807, 2.05) is 71.3 Å². The number of fused-ring (bicyclic) bond motifs is 1. The number of nitrogens with zero attached hydrogens (tertiary/aromatic N) is 3. The normalized spacial score (nSPS) is 18.8. The Hall–Kier alpha value is -4.10. The van der Waals surface area contributed by atoms with E-state index in [4.69, 9.17) is 32.9 Å². The molecule has 2 unspecified atom stereocenters. The van der Waals surface area contributed by atoms with Crippen molar-refractivity contribution in [2.24, 2.45) is 0 Å². The summed E-state index contributed by atoms with van der Waals surface area (Å²) in [4.78, 5) is 16.4. The first kappa shape index (κ1) is 34.4. The van der Waals surface area contributed by atoms with Crippen molar-refractivity contribution in [2.45, 2.75) is 54.3 Å². The molecule has 14 heteroatoms. The van der Waals surface area contributed by atoms with Gasteiger partial charge in [0.2, 0.25) is 10.0 Å². The van der Waals surface area contributed by atoms with Crippen molar-refractivity contribution in [1.82, 2.24) is 13.9 Å². The van der Waals surface area contributed by atoms with Crippen molar-refractivity contribution < 1.29 is 36.2 Å². The lowest BCUT2D eigenvalue weighted by Crippen LogP contribution is -2.39. The van der Waals surface area contributed by atoms with Crippen LogP contribution in [0.3, 0.4) is 0 Å². The molecule has 4 aromatic carbocycles. The number of halogens is 5. The highest BCUT2D eigenvalue weighted by molar-refractivity contribution is 7.89. The van der Waals surface area contributed by atoms with Crippen LogP contribution in [0.25, 0.3) is 11.0 Å². The summed E-state index contributed by atoms with van der Waals surface area (Å²) < 4.78 is 74.1. The summed E-state index contributed by atoms with van der Waals surface area (Å²) in [6.45, 7) is 0.269. The van der Waals surface area contributed by atoms with Crippen molar-refractivity contribution in [3.63, 3.8) is 0 Å². The summed E-state index contributed by atoms with van der Waals surface area (Å²) in [5.74, 6) is -2.91. The number of hydrogen-bond donors (Lipinski definition) is 1. The number of hydrogen-bond acceptors (Lipinski definition) is 6. The third-order valence-electron chi connectivity index (χ3n) is 9.31. The largest absolute Gasteiger partial charge is 0.507 e. The number of benzene rings is 4. The SMILES string of the molecule is O=C(OC1CC1c1nc2ccc(C(c3ccc(Cl)cc3)c3ccc(Cl)cc3)cc2n1C1CCN(S(=O)(=O)c2ccccc2O)CC1)C(F)(F)F. The molecule has 8 nitrogen and oxygen atoms in total. The van der Waals surface area contributed by atoms with E-state index >= 15 is 0 Å². The zero-order chi connectivity index (χ0) is 35.4. The molecule has 0 bridgehead atoms. The van der Waals surface area contributed by atoms with Crippen LogP contribution in [0.4, 0.5) is 13.2 Å². The quantitative estimate of drug-likeness (QED) is 0.127. The Balaban J connectivity index is 1.28. The van der Waals surface area contributed by atoms with Gasteiger partial charge < -0.3 is 14.4 Å². The summed E-state index contributed by atoms with van der Waals surface area (Å²) >= 11 is 12.5. The number of carbonyl (C=O) groups excluding carboxylic acids is 1. The molecule has 2 aliphatic rings. The van der Waals surface area contributed by atoms with Gasteiger partial charge >= 0.3 is 12.1 Å². The number of aromatic hydroxyl groups is 1. The molecule has 1 saturated heterocycles. The number of phenolic OH excluding ortho intramolecular Hbond substituents is 1. The smallest absolute Gasteiger partial charge is 0.490 e. The number of alkyl halides is 3. The van der Waals surface area contributed by atoms with Crippen LogP contribution in [0.1, 0.15) is 59.7 Å². The molecule has 1 aliphatic heterocycles. The van der Waals surface area contributed by atoms with Gasteiger partial charge in [0, 0.05) is 35.1 Å². The first-order valence-corrected chi connectivity index (χ1v) is 18.1. The minimum absolute atomic E-state index is 0.134. The summed E-state index contributed by atoms with van der Waals surface area (Å²) in [5, 5.41) is 11.4. The number of phenols is 1. The van der Waals surface area contributed by atoms with Crippen LogP contribution >= 0.6 is 23.2 Å². The molecule has 5 aromatic rings. The van der Waals surface area contributed by atoms with Crippen LogP contribution in [0.2, 0.25) is 10.0 Å². The van der Waals surface area contributed by atoms with Gasteiger partial charge in [0.25, 0.3) is 0 Å². The minimum Gasteiger partial charge on any atom is -0.507 e. The summed E-state index contributed by atoms with van der Waals surface area (Å²) in [5.41, 5.74) is 4.16. The number of imidazole rings is 1. The molecule has 1 saturated carbocycles. The lowest BCUT2D eigenvalue weighted by molar-refractivity contribution is -0.201. The van der Waals surface area contributed by atoms with E-state index in [-0.39, 0.29) is 42.1 Å². The fourth-order valence-corrected chi connectivity index (χ4v) is 8.58. The van der Waals surface area contributed by atoms with Crippen molar-refractivity contribution in [3.8, 4) is 5.75 Å². The predicted octanol–water partition coefficient (Wildman–Crippen LogP) is 8.22. The number of piperidine rings is 1. The van der Waals surface area contributed by atoms with Crippen LogP contribution in [0, 0.1) is 0 Å². The topological polar surface area (TPSA) is 102 Å². The molecule has 260 valence electrons. The molecular weight excluding hydrogens is 714 g/mol. The zero-order valence-corrected chi connectivity index (χ0v) is 28.6. The van der Waals surface area contributed by atoms with E-state index in [1.54, 1.807) is 12.1 Å². The number of ether oxygens (including phenoxy) is 1. The Morgan fingerprint density at radius 2 is 1.46 bits per heavy atom. The van der Waals surface area contributed by atoms with Gasteiger partial charge in [-0.25, -0.2) is 18.2 Å². The average Bonchev–Trinajstić information content (AvgIpc) is 3.75. The highest BCUT2D eigenvalue weighted by Crippen LogP contribution is 2.47. The van der Waals surface area contributed by atoms with Gasteiger partial charge in [0.15, 0.2) is 0 Å². The fraction of sp³-hybridized carbons (Fsp3) is 0.278. The van der Waals surface area contributed by atoms with Gasteiger partial charge in [-0.3, -0.25) is 0 Å². The molecule has 1 aliphatic carbocycles. The van der Waals surface area contributed by atoms with Crippen LogP contribution in [-0.2, 0) is 19.6 Å². The monoisotopic (exact) mass is 743 g/mol. The third-order valence-corrected chi connectivity index (χ3v) is 11.8. The van der Waals surface area contributed by atoms with Crippen LogP contribution in [0.15, 0.2) is 95.9 Å². The minimum atomic E-state index is -5.12. The summed E-state index contributed by atoms with van der Waals surface area (Å²) in [7, 11) is -3.99. The molecule has 0 spiro atoms. The first-order valence-electron chi connectivity index (χ1n) is 15.9. The second-order valence-electron chi connectivity index (χ2n) is 12.5. The number of sulfonamides is 1. The number of carbonyl (C=O) groups is 1. The van der Waals surface area contributed by atoms with Gasteiger partial charge in [0.05, 0.1) is 17.0 Å². The van der Waals surface area contributed by atoms with E-state index in [1.165, 1.54) is 16.4 Å². The van der Waals surface area contributed by atoms with Gasteiger partial charge in [0.1, 0.15) is 22.6 Å². The Kier molecular flexibility index (Phi) is 9.08. The first-order chi connectivity index (χ1) is 23.8. The van der Waals surface area contributed by atoms with Crippen molar-refractivity contribution >= 4 is 50.2 Å². The van der Waals surface area contributed by atoms with Gasteiger partial charge in [-0.1, -0.05) is 65.7 Å². The second-order valence-corrected chi connectivity index (χ2v) is 15.3. The lowest BCUT2D eigenvalue weighted by Gasteiger charge is -2.33. The van der Waals surface area contributed by atoms with Crippen LogP contribution in [0.5, 0.6) is 5.75 Å². The Bertz CT molecular complexity index is 2120. The maximum atomic E-state index is 13.4. The van der Waals surface area contributed by atoms with Crippen molar-refractivity contribution in [1.29, 1.82) is 0 Å². The maximum absolute atomic E-state index is 13.4. The molecule has 50 heavy (non-hydrogen) atoms. The molecule has 2 atom stereocenters. The molecule has 1 aromatic heterocycles. The Labute approximate surface area is 296 Å². The molecular formula is C36H30Cl2F3N3O5S. The van der Waals surface area contributed by atoms with Crippen LogP contribution < -0.4 is 0 Å². The Morgan fingerprint density at radius 1 is 0.880 bits per heavy atom. The molecule has 7 rings (SSSR count). The number of aromatic nitrogens is 2. The molecule has 0 amide bonds.